The highest BCUT2D eigenvalue weighted by atomic mass is 19.1. The van der Waals surface area contributed by atoms with Crippen LogP contribution in [0.25, 0.3) is 5.65 Å². The molecule has 9 heteroatoms. The Labute approximate surface area is 152 Å². The highest BCUT2D eigenvalue weighted by molar-refractivity contribution is 6.04. The first-order chi connectivity index (χ1) is 12.8. The van der Waals surface area contributed by atoms with Gasteiger partial charge in [0, 0.05) is 18.2 Å². The molecule has 0 radical (unpaired) electrons. The van der Waals surface area contributed by atoms with E-state index in [-0.39, 0.29) is 41.3 Å². The summed E-state index contributed by atoms with van der Waals surface area (Å²) in [5, 5.41) is 4.03. The molecule has 140 valence electrons. The lowest BCUT2D eigenvalue weighted by Crippen LogP contribution is -2.25. The minimum atomic E-state index is -1.22. The fourth-order valence-electron chi connectivity index (χ4n) is 3.54. The highest BCUT2D eigenvalue weighted by Crippen LogP contribution is 2.38. The van der Waals surface area contributed by atoms with Crippen LogP contribution in [0.1, 0.15) is 35.3 Å². The average molecular weight is 375 g/mol. The Kier molecular flexibility index (Phi) is 4.01. The molecule has 0 amide bonds. The first-order valence-electron chi connectivity index (χ1n) is 8.36. The number of benzene rings is 1. The lowest BCUT2D eigenvalue weighted by molar-refractivity contribution is 0.102. The quantitative estimate of drug-likeness (QED) is 0.712. The lowest BCUT2D eigenvalue weighted by Gasteiger charge is -2.26. The van der Waals surface area contributed by atoms with Gasteiger partial charge in [0.1, 0.15) is 29.2 Å². The number of rotatable bonds is 3. The molecule has 0 bridgehead atoms. The molecule has 0 unspecified atom stereocenters. The molecule has 0 spiro atoms. The van der Waals surface area contributed by atoms with Crippen LogP contribution in [0.4, 0.5) is 24.8 Å². The summed E-state index contributed by atoms with van der Waals surface area (Å²) in [7, 11) is 0. The maximum atomic E-state index is 14.3. The van der Waals surface area contributed by atoms with Gasteiger partial charge >= 0.3 is 0 Å². The third-order valence-electron chi connectivity index (χ3n) is 4.71. The predicted octanol–water partition coefficient (Wildman–Crippen LogP) is 3.08. The van der Waals surface area contributed by atoms with Crippen molar-refractivity contribution in [3.8, 4) is 0 Å². The van der Waals surface area contributed by atoms with Crippen molar-refractivity contribution in [3.63, 3.8) is 0 Å². The van der Waals surface area contributed by atoms with Gasteiger partial charge in [-0.15, -0.1) is 5.10 Å². The second-order valence-corrected chi connectivity index (χ2v) is 6.54. The second-order valence-electron chi connectivity index (χ2n) is 6.54. The Morgan fingerprint density at radius 2 is 2.07 bits per heavy atom. The normalized spacial score (nSPS) is 19.8. The van der Waals surface area contributed by atoms with Gasteiger partial charge in [-0.1, -0.05) is 0 Å². The molecule has 1 aliphatic heterocycles. The number of alkyl halides is 1. The van der Waals surface area contributed by atoms with Crippen molar-refractivity contribution in [3.05, 3.63) is 53.2 Å². The molecule has 4 rings (SSSR count). The fourth-order valence-corrected chi connectivity index (χ4v) is 3.54. The number of nitrogens with zero attached hydrogens (tertiary/aromatic N) is 4. The summed E-state index contributed by atoms with van der Waals surface area (Å²) in [5.74, 6) is -1.13. The molecule has 6 nitrogen and oxygen atoms in total. The topological polar surface area (TPSA) is 76.5 Å². The Hall–Kier alpha value is -3.10. The van der Waals surface area contributed by atoms with Crippen LogP contribution in [0.2, 0.25) is 0 Å². The molecule has 2 atom stereocenters. The van der Waals surface area contributed by atoms with Gasteiger partial charge in [-0.2, -0.15) is 0 Å². The van der Waals surface area contributed by atoms with Crippen molar-refractivity contribution in [1.29, 1.82) is 0 Å². The SMILES string of the molecule is CC(=O)c1c(N)nn2ccc(N3C[C@@H](F)C[C@@H]3c3cc(F)ccc3F)nc12. The molecule has 2 aromatic heterocycles. The van der Waals surface area contributed by atoms with E-state index in [0.29, 0.717) is 5.82 Å². The molecule has 1 fully saturated rings. The smallest absolute Gasteiger partial charge is 0.170 e. The van der Waals surface area contributed by atoms with Gasteiger partial charge in [0.05, 0.1) is 12.6 Å². The summed E-state index contributed by atoms with van der Waals surface area (Å²) in [6.45, 7) is 1.32. The Bertz CT molecular complexity index is 1050. The minimum absolute atomic E-state index is 0.00813. The zero-order valence-corrected chi connectivity index (χ0v) is 14.4. The summed E-state index contributed by atoms with van der Waals surface area (Å²) in [5.41, 5.74) is 6.25. The molecule has 1 aromatic carbocycles. The van der Waals surface area contributed by atoms with Crippen LogP contribution in [-0.2, 0) is 0 Å². The molecule has 0 aliphatic carbocycles. The van der Waals surface area contributed by atoms with Gasteiger partial charge in [-0.25, -0.2) is 22.7 Å². The van der Waals surface area contributed by atoms with Gasteiger partial charge in [0.2, 0.25) is 0 Å². The number of carbonyl (C=O) groups excluding carboxylic acids is 1. The van der Waals surface area contributed by atoms with E-state index in [0.717, 1.165) is 18.2 Å². The van der Waals surface area contributed by atoms with Crippen LogP contribution in [0.3, 0.4) is 0 Å². The molecule has 1 saturated heterocycles. The van der Waals surface area contributed by atoms with Crippen molar-refractivity contribution in [1.82, 2.24) is 14.6 Å². The largest absolute Gasteiger partial charge is 0.382 e. The average Bonchev–Trinajstić information content (AvgIpc) is 3.15. The fraction of sp³-hybridized carbons (Fsp3) is 0.278. The van der Waals surface area contributed by atoms with Crippen LogP contribution >= 0.6 is 0 Å². The van der Waals surface area contributed by atoms with E-state index < -0.39 is 23.8 Å². The monoisotopic (exact) mass is 375 g/mol. The first kappa shape index (κ1) is 17.3. The molecule has 3 aromatic rings. The molecule has 0 saturated carbocycles. The van der Waals surface area contributed by atoms with Gasteiger partial charge in [-0.05, 0) is 31.2 Å². The number of anilines is 2. The Morgan fingerprint density at radius 1 is 1.30 bits per heavy atom. The second kappa shape index (κ2) is 6.26. The number of aromatic nitrogens is 3. The van der Waals surface area contributed by atoms with Crippen LogP contribution < -0.4 is 10.6 Å². The van der Waals surface area contributed by atoms with E-state index in [2.05, 4.69) is 10.1 Å². The Morgan fingerprint density at radius 3 is 2.81 bits per heavy atom. The number of hydrogen-bond donors (Lipinski definition) is 1. The van der Waals surface area contributed by atoms with Gasteiger partial charge in [0.25, 0.3) is 0 Å². The number of halogens is 3. The number of Topliss-reactive ketones (excluding diaryl/α,β-unsaturated/α-hetero) is 1. The number of ketones is 1. The minimum Gasteiger partial charge on any atom is -0.382 e. The molecule has 27 heavy (non-hydrogen) atoms. The number of hydrogen-bond acceptors (Lipinski definition) is 5. The van der Waals surface area contributed by atoms with Crippen molar-refractivity contribution in [2.24, 2.45) is 0 Å². The van der Waals surface area contributed by atoms with Crippen LogP contribution in [0.5, 0.6) is 0 Å². The van der Waals surface area contributed by atoms with E-state index in [1.807, 2.05) is 0 Å². The zero-order chi connectivity index (χ0) is 19.3. The molecule has 3 heterocycles. The number of carbonyl (C=O) groups is 1. The van der Waals surface area contributed by atoms with E-state index in [9.17, 15) is 18.0 Å². The van der Waals surface area contributed by atoms with Crippen molar-refractivity contribution in [2.45, 2.75) is 25.6 Å². The van der Waals surface area contributed by atoms with E-state index >= 15 is 0 Å². The van der Waals surface area contributed by atoms with E-state index in [1.165, 1.54) is 11.4 Å². The first-order valence-corrected chi connectivity index (χ1v) is 8.36. The molecule has 1 aliphatic rings. The number of fused-ring (bicyclic) bond motifs is 1. The maximum absolute atomic E-state index is 14.3. The third kappa shape index (κ3) is 2.88. The van der Waals surface area contributed by atoms with Gasteiger partial charge in [-0.3, -0.25) is 4.79 Å². The maximum Gasteiger partial charge on any atom is 0.170 e. The van der Waals surface area contributed by atoms with Crippen LogP contribution in [0, 0.1) is 11.6 Å². The standard InChI is InChI=1S/C18H16F3N5O/c1-9(27)16-17(22)24-26-5-4-15(23-18(16)26)25-8-11(20)7-14(25)12-6-10(19)2-3-13(12)21/h2-6,11,14H,7-8H2,1H3,(H2,22,24)/t11-,14+/m0/s1. The summed E-state index contributed by atoms with van der Waals surface area (Å²) in [6.07, 6.45) is 0.331. The summed E-state index contributed by atoms with van der Waals surface area (Å²) in [4.78, 5) is 17.8. The van der Waals surface area contributed by atoms with Crippen molar-refractivity contribution >= 4 is 23.1 Å². The predicted molar refractivity (Wildman–Crippen MR) is 93.4 cm³/mol. The summed E-state index contributed by atoms with van der Waals surface area (Å²) >= 11 is 0. The summed E-state index contributed by atoms with van der Waals surface area (Å²) < 4.78 is 43.4. The van der Waals surface area contributed by atoms with Gasteiger partial charge < -0.3 is 10.6 Å². The van der Waals surface area contributed by atoms with Gasteiger partial charge in [0.15, 0.2) is 17.2 Å². The molecular weight excluding hydrogens is 359 g/mol. The molecule has 2 N–H and O–H groups in total. The zero-order valence-electron chi connectivity index (χ0n) is 14.4. The van der Waals surface area contributed by atoms with E-state index in [1.54, 1.807) is 17.2 Å². The third-order valence-corrected chi connectivity index (χ3v) is 4.71. The van der Waals surface area contributed by atoms with Crippen molar-refractivity contribution < 1.29 is 18.0 Å². The van der Waals surface area contributed by atoms with Crippen LogP contribution in [0.15, 0.2) is 30.5 Å². The lowest BCUT2D eigenvalue weighted by atomic mass is 10.0. The van der Waals surface area contributed by atoms with Crippen molar-refractivity contribution in [2.75, 3.05) is 17.2 Å². The summed E-state index contributed by atoms with van der Waals surface area (Å²) in [6, 6.07) is 3.97. The molecular formula is C18H16F3N5O. The van der Waals surface area contributed by atoms with Crippen LogP contribution in [-0.4, -0.2) is 33.1 Å². The number of nitrogen functional groups attached to an aromatic ring is 1. The number of nitrogens with two attached hydrogens (primary N) is 1. The highest BCUT2D eigenvalue weighted by Gasteiger charge is 2.36. The Balaban J connectivity index is 1.82. The van der Waals surface area contributed by atoms with E-state index in [4.69, 9.17) is 5.73 Å².